The van der Waals surface area contributed by atoms with E-state index in [0.717, 1.165) is 6.07 Å². The smallest absolute Gasteiger partial charge is 0.283 e. The van der Waals surface area contributed by atoms with Gasteiger partial charge in [0.15, 0.2) is 0 Å². The van der Waals surface area contributed by atoms with E-state index in [1.165, 1.54) is 36.0 Å². The van der Waals surface area contributed by atoms with Gasteiger partial charge in [-0.05, 0) is 61.0 Å². The molecular formula is C23H18F4N6. The summed E-state index contributed by atoms with van der Waals surface area (Å²) in [4.78, 5) is 3.61. The van der Waals surface area contributed by atoms with Crippen LogP contribution in [0.2, 0.25) is 0 Å². The van der Waals surface area contributed by atoms with Crippen molar-refractivity contribution in [2.75, 3.05) is 0 Å². The van der Waals surface area contributed by atoms with Gasteiger partial charge < -0.3 is 0 Å². The Hall–Kier alpha value is -4.08. The third-order valence-corrected chi connectivity index (χ3v) is 4.90. The standard InChI is InChI=1S/C23H18F4N6/c1-14-15(5-9-20(29-14)23(25,26)27)11-12-33-21(28)10-8-19(30-33)18-13-32(2)31-22(18)16-3-6-17(24)7-4-16/h3-13,28H,1-2H3/b12-11+,28-21?. The van der Waals surface area contributed by atoms with Gasteiger partial charge in [-0.15, -0.1) is 0 Å². The minimum atomic E-state index is -4.52. The third kappa shape index (κ3) is 4.74. The molecule has 0 saturated heterocycles. The number of hydrogen-bond acceptors (Lipinski definition) is 4. The van der Waals surface area contributed by atoms with E-state index in [2.05, 4.69) is 15.2 Å². The summed E-state index contributed by atoms with van der Waals surface area (Å²) >= 11 is 0. The Kier molecular flexibility index (Phi) is 5.67. The predicted molar refractivity (Wildman–Crippen MR) is 115 cm³/mol. The lowest BCUT2D eigenvalue weighted by Gasteiger charge is -2.08. The van der Waals surface area contributed by atoms with E-state index in [1.807, 2.05) is 0 Å². The van der Waals surface area contributed by atoms with Crippen LogP contribution in [-0.4, -0.2) is 24.5 Å². The molecule has 0 fully saturated rings. The molecular weight excluding hydrogens is 436 g/mol. The van der Waals surface area contributed by atoms with E-state index >= 15 is 0 Å². The summed E-state index contributed by atoms with van der Waals surface area (Å²) in [7, 11) is 1.75. The third-order valence-electron chi connectivity index (χ3n) is 4.90. The lowest BCUT2D eigenvalue weighted by atomic mass is 10.1. The van der Waals surface area contributed by atoms with Gasteiger partial charge in [0.05, 0.1) is 5.69 Å². The Morgan fingerprint density at radius 2 is 1.70 bits per heavy atom. The van der Waals surface area contributed by atoms with Crippen LogP contribution in [0.15, 0.2) is 54.7 Å². The molecule has 3 heterocycles. The molecule has 0 unspecified atom stereocenters. The molecule has 4 rings (SSSR count). The Morgan fingerprint density at radius 1 is 0.970 bits per heavy atom. The number of hydrogen-bond donors (Lipinski definition) is 1. The summed E-state index contributed by atoms with van der Waals surface area (Å²) in [6.45, 7) is 1.48. The van der Waals surface area contributed by atoms with Crippen LogP contribution in [0.3, 0.4) is 0 Å². The van der Waals surface area contributed by atoms with Crippen molar-refractivity contribution >= 4 is 12.3 Å². The number of alkyl halides is 3. The Morgan fingerprint density at radius 3 is 2.36 bits per heavy atom. The summed E-state index contributed by atoms with van der Waals surface area (Å²) in [5, 5.41) is 17.1. The molecule has 0 bridgehead atoms. The van der Waals surface area contributed by atoms with Crippen LogP contribution >= 0.6 is 0 Å². The van der Waals surface area contributed by atoms with Crippen LogP contribution in [0.5, 0.6) is 0 Å². The highest BCUT2D eigenvalue weighted by atomic mass is 19.4. The summed E-state index contributed by atoms with van der Waals surface area (Å²) in [6, 6.07) is 11.4. The first kappa shape index (κ1) is 22.1. The number of benzene rings is 1. The number of nitrogens with zero attached hydrogens (tertiary/aromatic N) is 5. The van der Waals surface area contributed by atoms with Crippen LogP contribution in [0, 0.1) is 18.2 Å². The molecule has 0 aliphatic heterocycles. The summed E-state index contributed by atoms with van der Waals surface area (Å²) in [5.41, 5.74) is 2.28. The first-order chi connectivity index (χ1) is 15.6. The van der Waals surface area contributed by atoms with Crippen LogP contribution in [0.4, 0.5) is 17.6 Å². The highest BCUT2D eigenvalue weighted by Gasteiger charge is 2.32. The molecule has 33 heavy (non-hydrogen) atoms. The molecule has 3 aromatic heterocycles. The second-order valence-corrected chi connectivity index (χ2v) is 7.30. The van der Waals surface area contributed by atoms with E-state index < -0.39 is 11.9 Å². The van der Waals surface area contributed by atoms with Crippen molar-refractivity contribution in [3.8, 4) is 22.5 Å². The number of halogens is 4. The zero-order valence-electron chi connectivity index (χ0n) is 17.6. The number of rotatable bonds is 4. The molecule has 1 aromatic carbocycles. The molecule has 168 valence electrons. The molecule has 6 nitrogen and oxygen atoms in total. The van der Waals surface area contributed by atoms with Crippen LogP contribution < -0.4 is 5.49 Å². The van der Waals surface area contributed by atoms with Crippen molar-refractivity contribution in [1.82, 2.24) is 24.5 Å². The SMILES string of the molecule is Cc1nc(C(F)(F)F)ccc1/C=C/n1nc(-c2cn(C)nc2-c2ccc(F)cc2)ccc1=N. The molecule has 0 amide bonds. The highest BCUT2D eigenvalue weighted by molar-refractivity contribution is 5.78. The molecule has 4 aromatic rings. The maximum absolute atomic E-state index is 13.3. The van der Waals surface area contributed by atoms with Gasteiger partial charge in [0.1, 0.15) is 22.7 Å². The lowest BCUT2D eigenvalue weighted by Crippen LogP contribution is -2.17. The molecule has 1 N–H and O–H groups in total. The van der Waals surface area contributed by atoms with E-state index in [0.29, 0.717) is 28.1 Å². The fraction of sp³-hybridized carbons (Fsp3) is 0.130. The van der Waals surface area contributed by atoms with E-state index in [4.69, 9.17) is 5.41 Å². The van der Waals surface area contributed by atoms with Gasteiger partial charge >= 0.3 is 6.18 Å². The fourth-order valence-electron chi connectivity index (χ4n) is 3.25. The van der Waals surface area contributed by atoms with E-state index in [1.54, 1.807) is 48.3 Å². The second kappa shape index (κ2) is 8.45. The van der Waals surface area contributed by atoms with Crippen LogP contribution in [-0.2, 0) is 13.2 Å². The average Bonchev–Trinajstić information content (AvgIpc) is 3.15. The van der Waals surface area contributed by atoms with Gasteiger partial charge in [0.2, 0.25) is 0 Å². The summed E-state index contributed by atoms with van der Waals surface area (Å²) < 4.78 is 54.8. The van der Waals surface area contributed by atoms with Crippen LogP contribution in [0.25, 0.3) is 34.8 Å². The Balaban J connectivity index is 1.70. The molecule has 0 radical (unpaired) electrons. The van der Waals surface area contributed by atoms with E-state index in [9.17, 15) is 17.6 Å². The normalized spacial score (nSPS) is 11.9. The molecule has 0 saturated carbocycles. The average molecular weight is 454 g/mol. The molecule has 0 spiro atoms. The quantitative estimate of drug-likeness (QED) is 0.445. The topological polar surface area (TPSA) is 72.4 Å². The van der Waals surface area contributed by atoms with Crippen molar-refractivity contribution in [2.24, 2.45) is 7.05 Å². The largest absolute Gasteiger partial charge is 0.433 e. The zero-order chi connectivity index (χ0) is 23.8. The number of aromatic nitrogens is 5. The number of aryl methyl sites for hydroxylation is 2. The van der Waals surface area contributed by atoms with Crippen LogP contribution in [0.1, 0.15) is 17.0 Å². The van der Waals surface area contributed by atoms with E-state index in [-0.39, 0.29) is 17.0 Å². The van der Waals surface area contributed by atoms with Gasteiger partial charge in [0, 0.05) is 36.3 Å². The van der Waals surface area contributed by atoms with Crippen molar-refractivity contribution in [2.45, 2.75) is 13.1 Å². The second-order valence-electron chi connectivity index (χ2n) is 7.30. The van der Waals surface area contributed by atoms with Crippen molar-refractivity contribution in [1.29, 1.82) is 5.41 Å². The summed E-state index contributed by atoms with van der Waals surface area (Å²) in [5.74, 6) is -0.357. The van der Waals surface area contributed by atoms with Crippen molar-refractivity contribution < 1.29 is 17.6 Å². The molecule has 0 aliphatic rings. The van der Waals surface area contributed by atoms with Gasteiger partial charge in [-0.1, -0.05) is 6.07 Å². The van der Waals surface area contributed by atoms with Crippen molar-refractivity contribution in [3.63, 3.8) is 0 Å². The Bertz CT molecular complexity index is 1400. The van der Waals surface area contributed by atoms with Gasteiger partial charge in [0.25, 0.3) is 0 Å². The minimum absolute atomic E-state index is 0.0692. The monoisotopic (exact) mass is 454 g/mol. The maximum atomic E-state index is 13.3. The van der Waals surface area contributed by atoms with Gasteiger partial charge in [-0.25, -0.2) is 14.1 Å². The highest BCUT2D eigenvalue weighted by Crippen LogP contribution is 2.30. The Labute approximate surface area is 186 Å². The fourth-order valence-corrected chi connectivity index (χ4v) is 3.25. The first-order valence-electron chi connectivity index (χ1n) is 9.79. The zero-order valence-corrected chi connectivity index (χ0v) is 17.6. The minimum Gasteiger partial charge on any atom is -0.283 e. The summed E-state index contributed by atoms with van der Waals surface area (Å²) in [6.07, 6.45) is 0.277. The maximum Gasteiger partial charge on any atom is 0.433 e. The molecule has 0 atom stereocenters. The number of pyridine rings is 1. The number of nitrogens with one attached hydrogen (secondary N) is 1. The van der Waals surface area contributed by atoms with Crippen molar-refractivity contribution in [3.05, 3.63) is 83.0 Å². The predicted octanol–water partition coefficient (Wildman–Crippen LogP) is 4.92. The first-order valence-corrected chi connectivity index (χ1v) is 9.79. The molecule has 10 heteroatoms. The van der Waals surface area contributed by atoms with Gasteiger partial charge in [-0.3, -0.25) is 10.1 Å². The lowest BCUT2D eigenvalue weighted by molar-refractivity contribution is -0.141. The molecule has 0 aliphatic carbocycles. The van der Waals surface area contributed by atoms with Gasteiger partial charge in [-0.2, -0.15) is 23.4 Å².